The maximum Gasteiger partial charge on any atom is 0.306 e. The van der Waals surface area contributed by atoms with Crippen LogP contribution in [0.4, 0.5) is 0 Å². The molecule has 9 heteroatoms. The van der Waals surface area contributed by atoms with E-state index in [0.29, 0.717) is 23.9 Å². The minimum Gasteiger partial charge on any atom is -0.545 e. The normalized spacial score (nSPS) is 12.9. The number of esters is 2. The van der Waals surface area contributed by atoms with Crippen molar-refractivity contribution in [3.8, 4) is 0 Å². The van der Waals surface area contributed by atoms with Gasteiger partial charge >= 0.3 is 11.9 Å². The number of likely N-dealkylation sites (N-methyl/N-ethyl adjacent to an activating group) is 1. The van der Waals surface area contributed by atoms with Gasteiger partial charge in [-0.15, -0.1) is 0 Å². The number of carboxylic acid groups (broad SMARTS) is 1. The molecule has 96 heavy (non-hydrogen) atoms. The number of hydrogen-bond donors (Lipinski definition) is 0. The highest BCUT2D eigenvalue weighted by Crippen LogP contribution is 2.20. The highest BCUT2D eigenvalue weighted by Gasteiger charge is 2.22. The van der Waals surface area contributed by atoms with Crippen molar-refractivity contribution in [3.63, 3.8) is 0 Å². The summed E-state index contributed by atoms with van der Waals surface area (Å²) in [6.45, 7) is 4.71. The molecule has 9 nitrogen and oxygen atoms in total. The van der Waals surface area contributed by atoms with Gasteiger partial charge in [-0.1, -0.05) is 408 Å². The Morgan fingerprint density at radius 1 is 0.323 bits per heavy atom. The Labute approximate surface area is 596 Å². The fraction of sp³-hybridized carbons (Fsp3) is 0.851. The fourth-order valence-electron chi connectivity index (χ4n) is 12.7. The van der Waals surface area contributed by atoms with Crippen molar-refractivity contribution in [2.75, 3.05) is 47.5 Å². The lowest BCUT2D eigenvalue weighted by molar-refractivity contribution is -0.870. The fourth-order valence-corrected chi connectivity index (χ4v) is 12.7. The number of ether oxygens (including phenoxy) is 4. The van der Waals surface area contributed by atoms with E-state index in [9.17, 15) is 19.5 Å². The Morgan fingerprint density at radius 2 is 0.594 bits per heavy atom. The van der Waals surface area contributed by atoms with Crippen LogP contribution >= 0.6 is 0 Å². The summed E-state index contributed by atoms with van der Waals surface area (Å²) >= 11 is 0. The first-order valence-corrected chi connectivity index (χ1v) is 41.9. The monoisotopic (exact) mass is 1350 g/mol. The van der Waals surface area contributed by atoms with E-state index < -0.39 is 24.3 Å². The number of nitrogens with zero attached hydrogens (tertiary/aromatic N) is 1. The van der Waals surface area contributed by atoms with Crippen molar-refractivity contribution < 1.29 is 42.9 Å². The molecule has 0 fully saturated rings. The molecule has 0 aliphatic rings. The van der Waals surface area contributed by atoms with Crippen LogP contribution in [0.25, 0.3) is 0 Å². The summed E-state index contributed by atoms with van der Waals surface area (Å²) in [4.78, 5) is 37.6. The van der Waals surface area contributed by atoms with Gasteiger partial charge in [0.25, 0.3) is 0 Å². The summed E-state index contributed by atoms with van der Waals surface area (Å²) in [6, 6.07) is 0. The summed E-state index contributed by atoms with van der Waals surface area (Å²) in [5, 5.41) is 11.9. The lowest BCUT2D eigenvalue weighted by Crippen LogP contribution is -2.44. The van der Waals surface area contributed by atoms with E-state index in [0.717, 1.165) is 64.2 Å². The van der Waals surface area contributed by atoms with E-state index in [-0.39, 0.29) is 32.2 Å². The van der Waals surface area contributed by atoms with Gasteiger partial charge in [0.15, 0.2) is 12.4 Å². The number of hydrogen-bond acceptors (Lipinski definition) is 8. The summed E-state index contributed by atoms with van der Waals surface area (Å²) in [5.74, 6) is -2.25. The van der Waals surface area contributed by atoms with E-state index in [1.54, 1.807) is 0 Å². The van der Waals surface area contributed by atoms with Crippen LogP contribution in [0.2, 0.25) is 0 Å². The average Bonchev–Trinajstić information content (AvgIpc) is 2.43. The quantitative estimate of drug-likeness (QED) is 0.0195. The molecule has 0 rings (SSSR count). The molecule has 0 aromatic carbocycles. The number of carbonyl (C=O) groups excluding carboxylic acids is 3. The maximum atomic E-state index is 13.0. The molecular formula is C87H161NO8. The van der Waals surface area contributed by atoms with Crippen molar-refractivity contribution in [2.24, 2.45) is 0 Å². The molecule has 0 saturated carbocycles. The second kappa shape index (κ2) is 77.7. The second-order valence-corrected chi connectivity index (χ2v) is 29.8. The van der Waals surface area contributed by atoms with Gasteiger partial charge in [0.1, 0.15) is 13.2 Å². The first-order valence-electron chi connectivity index (χ1n) is 41.9. The molecule has 2 atom stereocenters. The number of aliphatic carboxylic acids is 1. The number of carboxylic acids is 1. The summed E-state index contributed by atoms with van der Waals surface area (Å²) < 4.78 is 22.9. The Balaban J connectivity index is 3.95. The predicted molar refractivity (Wildman–Crippen MR) is 412 cm³/mol. The Hall–Kier alpha value is -3.01. The third-order valence-corrected chi connectivity index (χ3v) is 19.0. The van der Waals surface area contributed by atoms with Crippen LogP contribution < -0.4 is 5.11 Å². The highest BCUT2D eigenvalue weighted by atomic mass is 16.7. The van der Waals surface area contributed by atoms with Gasteiger partial charge in [-0.25, -0.2) is 0 Å². The molecule has 0 saturated heterocycles. The summed E-state index contributed by atoms with van der Waals surface area (Å²) in [6.07, 6.45) is 101. The Morgan fingerprint density at radius 3 is 0.885 bits per heavy atom. The van der Waals surface area contributed by atoms with Crippen LogP contribution in [0.15, 0.2) is 60.8 Å². The van der Waals surface area contributed by atoms with Crippen molar-refractivity contribution in [1.82, 2.24) is 0 Å². The number of rotatable bonds is 79. The Bertz CT molecular complexity index is 1760. The highest BCUT2D eigenvalue weighted by molar-refractivity contribution is 5.70. The van der Waals surface area contributed by atoms with Crippen molar-refractivity contribution in [3.05, 3.63) is 60.8 Å². The van der Waals surface area contributed by atoms with Gasteiger partial charge in [0.05, 0.1) is 40.3 Å². The second-order valence-electron chi connectivity index (χ2n) is 29.8. The van der Waals surface area contributed by atoms with Gasteiger partial charge in [0.2, 0.25) is 0 Å². The molecule has 0 heterocycles. The molecule has 0 amide bonds. The first-order chi connectivity index (χ1) is 47.1. The van der Waals surface area contributed by atoms with Crippen molar-refractivity contribution >= 4 is 17.9 Å². The van der Waals surface area contributed by atoms with Crippen LogP contribution in [0, 0.1) is 0 Å². The number of allylic oxidation sites excluding steroid dienone is 10. The molecule has 0 aromatic rings. The van der Waals surface area contributed by atoms with E-state index >= 15 is 0 Å². The SMILES string of the molecule is CC/C=C\C/C=C\C/C=C\C/C=C\C/C=C\CCCCCCCCCCCCCCCCCCCCCC(=O)OC(COC(=O)CCCCCCCCCCCCCCCCCCCCCCCCCCCCCCCCCCCCCC)COC(OCC[N+](C)(C)C)C(=O)[O-]. The summed E-state index contributed by atoms with van der Waals surface area (Å²) in [5.41, 5.74) is 0. The zero-order valence-corrected chi connectivity index (χ0v) is 64.5. The van der Waals surface area contributed by atoms with Gasteiger partial charge in [0, 0.05) is 12.8 Å². The molecule has 0 aliphatic carbocycles. The number of carbonyl (C=O) groups is 3. The van der Waals surface area contributed by atoms with E-state index in [1.807, 2.05) is 21.1 Å². The summed E-state index contributed by atoms with van der Waals surface area (Å²) in [7, 11) is 5.95. The third kappa shape index (κ3) is 78.3. The third-order valence-electron chi connectivity index (χ3n) is 19.0. The van der Waals surface area contributed by atoms with Gasteiger partial charge in [-0.2, -0.15) is 0 Å². The van der Waals surface area contributed by atoms with Crippen molar-refractivity contribution in [1.29, 1.82) is 0 Å². The molecule has 562 valence electrons. The molecule has 0 bridgehead atoms. The van der Waals surface area contributed by atoms with Crippen LogP contribution in [0.3, 0.4) is 0 Å². The molecule has 0 aliphatic heterocycles. The van der Waals surface area contributed by atoms with Gasteiger partial charge < -0.3 is 33.3 Å². The first kappa shape index (κ1) is 93.0. The van der Waals surface area contributed by atoms with Gasteiger partial charge in [-0.05, 0) is 57.8 Å². The van der Waals surface area contributed by atoms with Gasteiger partial charge in [-0.3, -0.25) is 9.59 Å². The predicted octanol–water partition coefficient (Wildman–Crippen LogP) is 25.7. The minimum absolute atomic E-state index is 0.150. The molecule has 0 spiro atoms. The smallest absolute Gasteiger partial charge is 0.306 e. The zero-order valence-electron chi connectivity index (χ0n) is 64.5. The molecule has 0 radical (unpaired) electrons. The van der Waals surface area contributed by atoms with Crippen LogP contribution in [-0.4, -0.2) is 82.3 Å². The topological polar surface area (TPSA) is 111 Å². The van der Waals surface area contributed by atoms with E-state index in [1.165, 1.54) is 321 Å². The number of quaternary nitrogens is 1. The van der Waals surface area contributed by atoms with Crippen LogP contribution in [0.5, 0.6) is 0 Å². The lowest BCUT2D eigenvalue weighted by Gasteiger charge is -2.26. The van der Waals surface area contributed by atoms with E-state index in [4.69, 9.17) is 18.9 Å². The Kier molecular flexibility index (Phi) is 75.3. The standard InChI is InChI=1S/C87H161NO8/c1-6-8-10-12-14-16-18-20-22-24-26-28-30-32-34-36-38-40-42-44-45-47-49-51-53-55-57-59-61-63-65-67-69-71-73-75-77-84(89)94-81-83(82-95-87(86(91)92)93-80-79-88(3,4)5)96-85(90)78-76-74-72-70-68-66-64-62-60-58-56-54-52-50-48-46-43-41-39-37-35-33-31-29-27-25-23-21-19-17-15-13-11-9-7-2/h9,11,15,17,21,23,27,29,33,35,83,87H,6-8,10,12-14,16,18-20,22,24-26,28,30-32,34,36-82H2,1-5H3/b11-9-,17-15-,23-21-,29-27-,35-33-. The molecule has 0 aromatic heterocycles. The average molecular weight is 1350 g/mol. The minimum atomic E-state index is -1.62. The van der Waals surface area contributed by atoms with Crippen LogP contribution in [0.1, 0.15) is 418 Å². The van der Waals surface area contributed by atoms with Crippen molar-refractivity contribution in [2.45, 2.75) is 431 Å². The maximum absolute atomic E-state index is 13.0. The van der Waals surface area contributed by atoms with Crippen LogP contribution in [-0.2, 0) is 33.3 Å². The molecule has 2 unspecified atom stereocenters. The molecular weight excluding hydrogens is 1190 g/mol. The largest absolute Gasteiger partial charge is 0.545 e. The lowest BCUT2D eigenvalue weighted by atomic mass is 10.0. The van der Waals surface area contributed by atoms with E-state index in [2.05, 4.69) is 74.6 Å². The molecule has 0 N–H and O–H groups in total. The zero-order chi connectivity index (χ0) is 69.7. The number of unbranched alkanes of at least 4 members (excludes halogenated alkanes) is 54.